The molecule has 37 heavy (non-hydrogen) atoms. The third kappa shape index (κ3) is 4.69. The Morgan fingerprint density at radius 2 is 1.86 bits per heavy atom. The number of aryl methyl sites for hydroxylation is 2. The van der Waals surface area contributed by atoms with Gasteiger partial charge in [0.15, 0.2) is 5.16 Å². The Kier molecular flexibility index (Phi) is 7.01. The molecule has 0 N–H and O–H groups in total. The molecule has 0 spiro atoms. The number of benzene rings is 2. The zero-order chi connectivity index (χ0) is 25.4. The van der Waals surface area contributed by atoms with Crippen molar-refractivity contribution in [3.8, 4) is 17.2 Å². The van der Waals surface area contributed by atoms with Gasteiger partial charge < -0.3 is 9.47 Å². The molecule has 4 aromatic rings. The van der Waals surface area contributed by atoms with E-state index in [1.54, 1.807) is 53.6 Å². The van der Waals surface area contributed by atoms with Crippen molar-refractivity contribution in [1.29, 1.82) is 0 Å². The number of para-hydroxylation sites is 2. The number of nitrogens with zero attached hydrogens (tertiary/aromatic N) is 3. The number of fused-ring (bicyclic) bond motifs is 3. The third-order valence-electron chi connectivity index (χ3n) is 6.74. The van der Waals surface area contributed by atoms with Gasteiger partial charge in [0.25, 0.3) is 5.56 Å². The van der Waals surface area contributed by atoms with Crippen LogP contribution in [0.15, 0.2) is 63.5 Å². The number of thioether (sulfide) groups is 2. The van der Waals surface area contributed by atoms with Crippen molar-refractivity contribution >= 4 is 50.1 Å². The second kappa shape index (κ2) is 10.6. The highest BCUT2D eigenvalue weighted by molar-refractivity contribution is 8.16. The lowest BCUT2D eigenvalue weighted by atomic mass is 9.97. The zero-order valence-electron chi connectivity index (χ0n) is 20.7. The van der Waals surface area contributed by atoms with Gasteiger partial charge in [-0.2, -0.15) is 0 Å². The molecule has 1 aliphatic carbocycles. The number of hydrogen-bond donors (Lipinski definition) is 0. The topological polar surface area (TPSA) is 65.7 Å². The summed E-state index contributed by atoms with van der Waals surface area (Å²) in [7, 11) is 3.31. The number of aliphatic imine (C=N–C) groups is 1. The summed E-state index contributed by atoms with van der Waals surface area (Å²) in [4.78, 5) is 26.1. The van der Waals surface area contributed by atoms with Gasteiger partial charge in [0, 0.05) is 21.4 Å². The number of rotatable bonds is 7. The first-order valence-corrected chi connectivity index (χ1v) is 15.0. The lowest BCUT2D eigenvalue weighted by Gasteiger charge is -2.16. The average molecular weight is 550 g/mol. The molecule has 2 aromatic carbocycles. The number of methoxy groups -OCH3 is 2. The second-order valence-electron chi connectivity index (χ2n) is 9.02. The maximum Gasteiger partial charge on any atom is 0.267 e. The monoisotopic (exact) mass is 549 g/mol. The summed E-state index contributed by atoms with van der Waals surface area (Å²) < 4.78 is 12.7. The van der Waals surface area contributed by atoms with E-state index in [2.05, 4.69) is 0 Å². The van der Waals surface area contributed by atoms with E-state index in [1.807, 2.05) is 48.5 Å². The van der Waals surface area contributed by atoms with E-state index in [0.717, 1.165) is 63.8 Å². The van der Waals surface area contributed by atoms with Crippen molar-refractivity contribution in [2.24, 2.45) is 4.99 Å². The summed E-state index contributed by atoms with van der Waals surface area (Å²) >= 11 is 5.11. The molecule has 0 saturated carbocycles. The van der Waals surface area contributed by atoms with Crippen LogP contribution in [0.5, 0.6) is 11.5 Å². The molecule has 0 amide bonds. The number of ether oxygens (including phenoxy) is 2. The van der Waals surface area contributed by atoms with E-state index in [1.165, 1.54) is 16.9 Å². The highest BCUT2D eigenvalue weighted by Crippen LogP contribution is 2.37. The summed E-state index contributed by atoms with van der Waals surface area (Å²) in [5, 5.41) is 2.84. The minimum absolute atomic E-state index is 0.00523. The highest BCUT2D eigenvalue weighted by atomic mass is 32.2. The van der Waals surface area contributed by atoms with E-state index in [0.29, 0.717) is 16.2 Å². The standard InChI is InChI=1S/C28H27N3O3S3/c1-33-18-13-11-17(12-14-18)25-29-15-19(36-25)16-35-28-30-26-24(20-7-3-6-10-23(20)37-26)27(32)31(28)21-8-4-5-9-22(21)34-2/h4-5,8-9,11-14,19H,3,6-7,10,15-16H2,1-2H3/t19-/m0/s1. The fourth-order valence-corrected chi connectivity index (χ4v) is 8.45. The predicted molar refractivity (Wildman–Crippen MR) is 155 cm³/mol. The fraction of sp³-hybridized carbons (Fsp3) is 0.321. The van der Waals surface area contributed by atoms with Crippen LogP contribution in [0.1, 0.15) is 28.8 Å². The van der Waals surface area contributed by atoms with Crippen LogP contribution in [0.4, 0.5) is 0 Å². The van der Waals surface area contributed by atoms with Gasteiger partial charge in [-0.3, -0.25) is 14.4 Å². The van der Waals surface area contributed by atoms with Crippen LogP contribution in [-0.2, 0) is 12.8 Å². The van der Waals surface area contributed by atoms with Crippen molar-refractivity contribution in [1.82, 2.24) is 9.55 Å². The average Bonchev–Trinajstić information content (AvgIpc) is 3.57. The molecule has 6 rings (SSSR count). The van der Waals surface area contributed by atoms with E-state index in [-0.39, 0.29) is 5.56 Å². The van der Waals surface area contributed by atoms with Crippen LogP contribution >= 0.6 is 34.9 Å². The lowest BCUT2D eigenvalue weighted by molar-refractivity contribution is 0.411. The van der Waals surface area contributed by atoms with Crippen LogP contribution < -0.4 is 15.0 Å². The van der Waals surface area contributed by atoms with Gasteiger partial charge in [-0.05, 0) is 67.6 Å². The van der Waals surface area contributed by atoms with Gasteiger partial charge in [-0.1, -0.05) is 23.9 Å². The Labute approximate surface area is 228 Å². The van der Waals surface area contributed by atoms with Gasteiger partial charge >= 0.3 is 0 Å². The molecule has 2 aromatic heterocycles. The Hall–Kier alpha value is -2.75. The molecule has 190 valence electrons. The van der Waals surface area contributed by atoms with Crippen molar-refractivity contribution in [3.63, 3.8) is 0 Å². The summed E-state index contributed by atoms with van der Waals surface area (Å²) in [5.41, 5.74) is 3.04. The largest absolute Gasteiger partial charge is 0.497 e. The molecule has 0 radical (unpaired) electrons. The van der Waals surface area contributed by atoms with Crippen LogP contribution in [0.2, 0.25) is 0 Å². The number of thiophene rings is 1. The van der Waals surface area contributed by atoms with E-state index in [4.69, 9.17) is 19.5 Å². The summed E-state index contributed by atoms with van der Waals surface area (Å²) in [5.74, 6) is 2.30. The number of hydrogen-bond acceptors (Lipinski definition) is 8. The summed E-state index contributed by atoms with van der Waals surface area (Å²) in [6.45, 7) is 0.744. The van der Waals surface area contributed by atoms with Gasteiger partial charge in [-0.15, -0.1) is 23.1 Å². The van der Waals surface area contributed by atoms with Crippen LogP contribution in [0.25, 0.3) is 15.9 Å². The molecule has 0 fully saturated rings. The zero-order valence-corrected chi connectivity index (χ0v) is 23.2. The minimum Gasteiger partial charge on any atom is -0.497 e. The van der Waals surface area contributed by atoms with Gasteiger partial charge in [0.05, 0.1) is 36.9 Å². The van der Waals surface area contributed by atoms with Gasteiger partial charge in [-0.25, -0.2) is 4.98 Å². The van der Waals surface area contributed by atoms with Crippen molar-refractivity contribution in [2.75, 3.05) is 26.5 Å². The fourth-order valence-electron chi connectivity index (χ4n) is 4.87. The Bertz CT molecular complexity index is 1540. The lowest BCUT2D eigenvalue weighted by Crippen LogP contribution is -2.23. The molecule has 9 heteroatoms. The van der Waals surface area contributed by atoms with Crippen LogP contribution in [0.3, 0.4) is 0 Å². The highest BCUT2D eigenvalue weighted by Gasteiger charge is 2.26. The molecule has 2 aliphatic rings. The molecule has 1 aliphatic heterocycles. The molecule has 0 unspecified atom stereocenters. The van der Waals surface area contributed by atoms with E-state index in [9.17, 15) is 4.79 Å². The van der Waals surface area contributed by atoms with Gasteiger partial charge in [0.2, 0.25) is 0 Å². The molecular formula is C28H27N3O3S3. The quantitative estimate of drug-likeness (QED) is 0.208. The second-order valence-corrected chi connectivity index (χ2v) is 12.4. The normalized spacial score (nSPS) is 17.0. The van der Waals surface area contributed by atoms with Crippen molar-refractivity contribution in [2.45, 2.75) is 36.1 Å². The predicted octanol–water partition coefficient (Wildman–Crippen LogP) is 6.00. The van der Waals surface area contributed by atoms with Crippen LogP contribution in [0, 0.1) is 0 Å². The smallest absolute Gasteiger partial charge is 0.267 e. The minimum atomic E-state index is 0.00523. The molecular weight excluding hydrogens is 523 g/mol. The summed E-state index contributed by atoms with van der Waals surface area (Å²) in [6, 6.07) is 15.7. The van der Waals surface area contributed by atoms with Crippen molar-refractivity contribution in [3.05, 3.63) is 74.9 Å². The molecule has 6 nitrogen and oxygen atoms in total. The first-order chi connectivity index (χ1) is 18.2. The first kappa shape index (κ1) is 24.6. The maximum atomic E-state index is 14.1. The van der Waals surface area contributed by atoms with E-state index >= 15 is 0 Å². The maximum absolute atomic E-state index is 14.1. The SMILES string of the molecule is COc1ccc(C2=NC[C@@H](CSc3nc4sc5c(c4c(=O)n3-c3ccccc3OC)CCCC5)S2)cc1. The molecule has 0 bridgehead atoms. The molecule has 3 heterocycles. The third-order valence-corrected chi connectivity index (χ3v) is 10.5. The Morgan fingerprint density at radius 1 is 1.05 bits per heavy atom. The first-order valence-electron chi connectivity index (χ1n) is 12.3. The Morgan fingerprint density at radius 3 is 2.68 bits per heavy atom. The molecule has 0 saturated heterocycles. The number of aromatic nitrogens is 2. The van der Waals surface area contributed by atoms with E-state index < -0.39 is 0 Å². The molecule has 1 atom stereocenters. The van der Waals surface area contributed by atoms with Crippen LogP contribution in [-0.4, -0.2) is 46.4 Å². The van der Waals surface area contributed by atoms with Crippen molar-refractivity contribution < 1.29 is 9.47 Å². The van der Waals surface area contributed by atoms with Gasteiger partial charge in [0.1, 0.15) is 16.3 Å². The Balaban J connectivity index is 1.32. The summed E-state index contributed by atoms with van der Waals surface area (Å²) in [6.07, 6.45) is 4.29.